The molecule has 202 valence electrons. The normalized spacial score (nSPS) is 20.2. The van der Waals surface area contributed by atoms with Gasteiger partial charge in [0.05, 0.1) is 11.4 Å². The average molecular weight is 528 g/mol. The summed E-state index contributed by atoms with van der Waals surface area (Å²) in [6, 6.07) is 12.2. The number of hydrogen-bond donors (Lipinski definition) is 1. The van der Waals surface area contributed by atoms with Gasteiger partial charge in [-0.15, -0.1) is 0 Å². The number of ether oxygens (including phenoxy) is 4. The Balaban J connectivity index is 1.32. The van der Waals surface area contributed by atoms with Crippen LogP contribution in [0.3, 0.4) is 0 Å². The van der Waals surface area contributed by atoms with Crippen molar-refractivity contribution in [2.75, 3.05) is 33.1 Å². The molecule has 3 aromatic rings. The van der Waals surface area contributed by atoms with Crippen molar-refractivity contribution in [3.05, 3.63) is 81.2 Å². The summed E-state index contributed by atoms with van der Waals surface area (Å²) in [6.45, 7) is 4.71. The third kappa shape index (κ3) is 4.98. The standard InChI is InChI=1S/C30H33N5O4/c1-17-13-25(31-27-19(17)9-11-23(27)38-15-36-3)33-29-21-7-5-6-8-22(21)30(35-29)34-26-14-18(2)20-10-12-24(28(20)32-26)39-16-37-4/h5-8,13-14,23-24H,9-12,15-16H2,1-4H3,(H,31,32,33,34,35)/t23-,24-/m1/s1. The van der Waals surface area contributed by atoms with Gasteiger partial charge in [0.25, 0.3) is 0 Å². The van der Waals surface area contributed by atoms with E-state index in [9.17, 15) is 0 Å². The van der Waals surface area contributed by atoms with E-state index in [0.717, 1.165) is 54.0 Å². The van der Waals surface area contributed by atoms with Crippen LogP contribution >= 0.6 is 0 Å². The van der Waals surface area contributed by atoms with E-state index in [1.807, 2.05) is 30.3 Å². The van der Waals surface area contributed by atoms with Crippen molar-refractivity contribution in [1.82, 2.24) is 9.97 Å². The summed E-state index contributed by atoms with van der Waals surface area (Å²) in [4.78, 5) is 19.6. The maximum atomic E-state index is 5.88. The van der Waals surface area contributed by atoms with Gasteiger partial charge in [-0.3, -0.25) is 0 Å². The van der Waals surface area contributed by atoms with Gasteiger partial charge in [-0.05, 0) is 73.9 Å². The van der Waals surface area contributed by atoms with Crippen LogP contribution in [0, 0.1) is 13.8 Å². The Morgan fingerprint density at radius 3 is 2.13 bits per heavy atom. The Morgan fingerprint density at radius 2 is 1.46 bits per heavy atom. The molecule has 0 saturated carbocycles. The first-order chi connectivity index (χ1) is 19.1. The van der Waals surface area contributed by atoms with Crippen LogP contribution < -0.4 is 5.32 Å². The van der Waals surface area contributed by atoms with E-state index in [2.05, 4.69) is 25.2 Å². The van der Waals surface area contributed by atoms with Crippen LogP contribution in [0.1, 0.15) is 69.8 Å². The highest BCUT2D eigenvalue weighted by Crippen LogP contribution is 2.37. The zero-order valence-electron chi connectivity index (χ0n) is 22.8. The Bertz CT molecular complexity index is 1470. The summed E-state index contributed by atoms with van der Waals surface area (Å²) in [7, 11) is 3.26. The monoisotopic (exact) mass is 527 g/mol. The molecule has 2 aromatic heterocycles. The number of amidine groups is 2. The SMILES string of the molecule is COCO[C@@H]1CCc2c(C)cc(N=C3N=C(Nc4cc(C)c5c(n4)[C@H](OCOC)CC5)c4ccccc43)nc21. The molecule has 9 heteroatoms. The minimum atomic E-state index is -0.0822. The van der Waals surface area contributed by atoms with Crippen molar-refractivity contribution < 1.29 is 18.9 Å². The minimum Gasteiger partial charge on any atom is -0.359 e. The molecule has 0 fully saturated rings. The molecular weight excluding hydrogens is 494 g/mol. The fraction of sp³-hybridized carbons (Fsp3) is 0.400. The number of rotatable bonds is 8. The van der Waals surface area contributed by atoms with Gasteiger partial charge in [0.15, 0.2) is 11.7 Å². The van der Waals surface area contributed by atoms with Gasteiger partial charge in [-0.1, -0.05) is 24.3 Å². The van der Waals surface area contributed by atoms with Crippen LogP contribution in [-0.4, -0.2) is 49.4 Å². The number of hydrogen-bond acceptors (Lipinski definition) is 8. The summed E-state index contributed by atoms with van der Waals surface area (Å²) in [5, 5.41) is 3.46. The van der Waals surface area contributed by atoms with Crippen LogP contribution in [0.4, 0.5) is 11.6 Å². The van der Waals surface area contributed by atoms with Gasteiger partial charge in [-0.2, -0.15) is 0 Å². The maximum absolute atomic E-state index is 5.88. The number of anilines is 1. The van der Waals surface area contributed by atoms with Gasteiger partial charge < -0.3 is 24.3 Å². The van der Waals surface area contributed by atoms with Crippen LogP contribution in [0.2, 0.25) is 0 Å². The molecule has 0 amide bonds. The molecule has 0 spiro atoms. The summed E-state index contributed by atoms with van der Waals surface area (Å²) in [5.74, 6) is 2.69. The van der Waals surface area contributed by atoms with Crippen LogP contribution in [-0.2, 0) is 31.8 Å². The smallest absolute Gasteiger partial charge is 0.164 e. The van der Waals surface area contributed by atoms with Crippen molar-refractivity contribution in [3.8, 4) is 0 Å². The third-order valence-corrected chi connectivity index (χ3v) is 7.55. The number of methoxy groups -OCH3 is 2. The lowest BCUT2D eigenvalue weighted by Gasteiger charge is -2.14. The lowest BCUT2D eigenvalue weighted by atomic mass is 10.1. The molecule has 9 nitrogen and oxygen atoms in total. The van der Waals surface area contributed by atoms with Gasteiger partial charge >= 0.3 is 0 Å². The summed E-state index contributed by atoms with van der Waals surface area (Å²) < 4.78 is 22.0. The maximum Gasteiger partial charge on any atom is 0.164 e. The fourth-order valence-corrected chi connectivity index (χ4v) is 5.70. The predicted octanol–water partition coefficient (Wildman–Crippen LogP) is 5.26. The number of aryl methyl sites for hydroxylation is 2. The van der Waals surface area contributed by atoms with Gasteiger partial charge in [0.2, 0.25) is 0 Å². The number of aliphatic imine (C=N–C) groups is 2. The fourth-order valence-electron chi connectivity index (χ4n) is 5.70. The zero-order valence-corrected chi connectivity index (χ0v) is 22.8. The first kappa shape index (κ1) is 25.8. The largest absolute Gasteiger partial charge is 0.359 e. The average Bonchev–Trinajstić information content (AvgIpc) is 3.63. The van der Waals surface area contributed by atoms with E-state index in [0.29, 0.717) is 17.5 Å². The predicted molar refractivity (Wildman–Crippen MR) is 149 cm³/mol. The molecule has 3 aliphatic rings. The molecule has 0 unspecified atom stereocenters. The van der Waals surface area contributed by atoms with Crippen molar-refractivity contribution >= 4 is 23.3 Å². The van der Waals surface area contributed by atoms with E-state index in [-0.39, 0.29) is 25.8 Å². The van der Waals surface area contributed by atoms with Gasteiger partial charge in [0.1, 0.15) is 37.4 Å². The molecule has 0 bridgehead atoms. The molecular formula is C30H33N5O4. The molecule has 1 aliphatic heterocycles. The second kappa shape index (κ2) is 10.9. The molecule has 6 rings (SSSR count). The van der Waals surface area contributed by atoms with E-state index in [1.165, 1.54) is 22.3 Å². The molecule has 39 heavy (non-hydrogen) atoms. The third-order valence-electron chi connectivity index (χ3n) is 7.55. The number of pyridine rings is 2. The highest BCUT2D eigenvalue weighted by molar-refractivity contribution is 6.26. The first-order valence-electron chi connectivity index (χ1n) is 13.3. The number of benzene rings is 1. The van der Waals surface area contributed by atoms with E-state index >= 15 is 0 Å². The topological polar surface area (TPSA) is 99.5 Å². The molecule has 2 atom stereocenters. The zero-order chi connectivity index (χ0) is 26.9. The molecule has 3 heterocycles. The Labute approximate surface area is 228 Å². The molecule has 2 aliphatic carbocycles. The number of fused-ring (bicyclic) bond motifs is 3. The van der Waals surface area contributed by atoms with E-state index in [1.54, 1.807) is 14.2 Å². The lowest BCUT2D eigenvalue weighted by molar-refractivity contribution is -0.0736. The summed E-state index contributed by atoms with van der Waals surface area (Å²) >= 11 is 0. The van der Waals surface area contributed by atoms with Crippen LogP contribution in [0.15, 0.2) is 46.4 Å². The van der Waals surface area contributed by atoms with Gasteiger partial charge in [-0.25, -0.2) is 20.0 Å². The Hall–Kier alpha value is -3.50. The second-order valence-corrected chi connectivity index (χ2v) is 10.1. The first-order valence-corrected chi connectivity index (χ1v) is 13.3. The number of aromatic nitrogens is 2. The Morgan fingerprint density at radius 1 is 0.846 bits per heavy atom. The van der Waals surface area contributed by atoms with E-state index in [4.69, 9.17) is 38.9 Å². The van der Waals surface area contributed by atoms with Crippen LogP contribution in [0.5, 0.6) is 0 Å². The quantitative estimate of drug-likeness (QED) is 0.399. The minimum absolute atomic E-state index is 0.0684. The number of nitrogens with zero attached hydrogens (tertiary/aromatic N) is 4. The van der Waals surface area contributed by atoms with Crippen molar-refractivity contribution in [2.45, 2.75) is 51.7 Å². The van der Waals surface area contributed by atoms with Crippen molar-refractivity contribution in [3.63, 3.8) is 0 Å². The summed E-state index contributed by atoms with van der Waals surface area (Å²) in [6.07, 6.45) is 3.54. The lowest BCUT2D eigenvalue weighted by Crippen LogP contribution is -2.14. The number of nitrogens with one attached hydrogen (secondary N) is 1. The highest BCUT2D eigenvalue weighted by atomic mass is 16.7. The van der Waals surface area contributed by atoms with E-state index < -0.39 is 0 Å². The Kier molecular flexibility index (Phi) is 7.22. The summed E-state index contributed by atoms with van der Waals surface area (Å²) in [5.41, 5.74) is 8.69. The molecule has 0 radical (unpaired) electrons. The molecule has 1 N–H and O–H groups in total. The van der Waals surface area contributed by atoms with Crippen molar-refractivity contribution in [2.24, 2.45) is 9.98 Å². The van der Waals surface area contributed by atoms with Crippen LogP contribution in [0.25, 0.3) is 0 Å². The van der Waals surface area contributed by atoms with Gasteiger partial charge in [0, 0.05) is 25.3 Å². The van der Waals surface area contributed by atoms with Crippen molar-refractivity contribution in [1.29, 1.82) is 0 Å². The highest BCUT2D eigenvalue weighted by Gasteiger charge is 2.29. The molecule has 1 aromatic carbocycles. The molecule has 0 saturated heterocycles. The second-order valence-electron chi connectivity index (χ2n) is 10.1.